The monoisotopic (exact) mass is 1320 g/mol. The molecule has 498 valence electrons. The van der Waals surface area contributed by atoms with Gasteiger partial charge in [-0.2, -0.15) is 35.3 Å². The van der Waals surface area contributed by atoms with Crippen molar-refractivity contribution >= 4 is 130 Å². The Morgan fingerprint density at radius 3 is 0.966 bits per heavy atom. The molecular formula is C50H80N16O20S3. The Morgan fingerprint density at radius 2 is 0.640 bits per heavy atom. The third-order valence-corrected chi connectivity index (χ3v) is 15.6. The molecule has 3 saturated heterocycles. The highest BCUT2D eigenvalue weighted by Crippen LogP contribution is 2.11. The summed E-state index contributed by atoms with van der Waals surface area (Å²) < 4.78 is 17.7. The second-order valence-corrected chi connectivity index (χ2v) is 22.7. The van der Waals surface area contributed by atoms with E-state index >= 15 is 0 Å². The SMILES string of the molecule is N[C@H]1CSCCC(=O)N2CCOCCN3CCOCCN(CCOCC2)C(=O)CCSC[C@H](NC(=O)CNC(=O)CNC(=O)CNC(=O)CNC(=O)CNC1=O)C(=O)NCC(=O)NCC(=O)NCC(=O)NCC(=O)NCC(=O)N[C@H](C(=O)O)CSCCC3=O. The minimum Gasteiger partial charge on any atom is -0.480 e. The molecule has 3 fully saturated rings. The maximum Gasteiger partial charge on any atom is 0.327 e. The number of amides is 15. The van der Waals surface area contributed by atoms with E-state index in [1.165, 1.54) is 26.5 Å². The van der Waals surface area contributed by atoms with Crippen LogP contribution in [0.5, 0.6) is 0 Å². The molecule has 0 saturated carbocycles. The van der Waals surface area contributed by atoms with E-state index in [-0.39, 0.29) is 150 Å². The third kappa shape index (κ3) is 34.7. The Morgan fingerprint density at radius 1 is 0.371 bits per heavy atom. The van der Waals surface area contributed by atoms with Gasteiger partial charge in [-0.05, 0) is 0 Å². The zero-order chi connectivity index (χ0) is 65.3. The van der Waals surface area contributed by atoms with Crippen LogP contribution in [0, 0.1) is 0 Å². The van der Waals surface area contributed by atoms with Gasteiger partial charge in [-0.1, -0.05) is 0 Å². The predicted molar refractivity (Wildman–Crippen MR) is 318 cm³/mol. The molecule has 89 heavy (non-hydrogen) atoms. The molecule has 3 heterocycles. The van der Waals surface area contributed by atoms with Crippen LogP contribution in [-0.4, -0.2) is 311 Å². The molecule has 0 aliphatic carbocycles. The Labute approximate surface area is 524 Å². The van der Waals surface area contributed by atoms with Crippen LogP contribution in [0.4, 0.5) is 0 Å². The van der Waals surface area contributed by atoms with Gasteiger partial charge in [-0.25, -0.2) is 4.79 Å². The highest BCUT2D eigenvalue weighted by Gasteiger charge is 2.26. The number of carboxylic acid groups (broad SMARTS) is 1. The maximum absolute atomic E-state index is 13.9. The van der Waals surface area contributed by atoms with Crippen LogP contribution < -0.4 is 69.5 Å². The summed E-state index contributed by atoms with van der Waals surface area (Å²) in [6.45, 7) is -5.82. The number of ether oxygens (including phenoxy) is 3. The third-order valence-electron chi connectivity index (χ3n) is 12.4. The Hall–Kier alpha value is -7.59. The lowest BCUT2D eigenvalue weighted by atomic mass is 10.3. The Kier molecular flexibility index (Phi) is 37.4. The molecule has 3 rings (SSSR count). The van der Waals surface area contributed by atoms with E-state index in [1.54, 1.807) is 0 Å². The number of carbonyl (C=O) groups excluding carboxylic acids is 15. The predicted octanol–water partition coefficient (Wildman–Crippen LogP) is -10.5. The van der Waals surface area contributed by atoms with Crippen LogP contribution in [0.3, 0.4) is 0 Å². The topological polar surface area (TPSA) is 501 Å². The van der Waals surface area contributed by atoms with Crippen molar-refractivity contribution in [2.24, 2.45) is 5.73 Å². The summed E-state index contributed by atoms with van der Waals surface area (Å²) in [5.41, 5.74) is 6.04. The maximum atomic E-state index is 13.9. The van der Waals surface area contributed by atoms with E-state index in [0.717, 1.165) is 23.5 Å². The van der Waals surface area contributed by atoms with Crippen molar-refractivity contribution in [2.75, 3.05) is 179 Å². The number of fused-ring (bicyclic) bond motifs is 15. The zero-order valence-electron chi connectivity index (χ0n) is 49.0. The molecule has 3 aliphatic heterocycles. The quantitative estimate of drug-likeness (QED) is 0.116. The number of hydrogen-bond acceptors (Lipinski definition) is 23. The number of hydrogen-bond donors (Lipinski definition) is 14. The second kappa shape index (κ2) is 44.0. The van der Waals surface area contributed by atoms with Crippen LogP contribution in [0.25, 0.3) is 0 Å². The summed E-state index contributed by atoms with van der Waals surface area (Å²) in [4.78, 5) is 209. The summed E-state index contributed by atoms with van der Waals surface area (Å²) in [5, 5.41) is 37.1. The largest absolute Gasteiger partial charge is 0.480 e. The van der Waals surface area contributed by atoms with Gasteiger partial charge in [0, 0.05) is 93.0 Å². The molecule has 0 unspecified atom stereocenters. The lowest BCUT2D eigenvalue weighted by Crippen LogP contribution is -2.53. The fraction of sp³-hybridized carbons (Fsp3) is 0.680. The highest BCUT2D eigenvalue weighted by molar-refractivity contribution is 7.99. The number of carboxylic acids is 1. The van der Waals surface area contributed by atoms with Crippen LogP contribution in [0.2, 0.25) is 0 Å². The van der Waals surface area contributed by atoms with Gasteiger partial charge in [-0.3, -0.25) is 71.9 Å². The van der Waals surface area contributed by atoms with Gasteiger partial charge in [0.05, 0.1) is 111 Å². The number of nitrogens with one attached hydrogen (secondary N) is 12. The first-order chi connectivity index (χ1) is 42.6. The lowest BCUT2D eigenvalue weighted by molar-refractivity contribution is -0.141. The molecule has 36 nitrogen and oxygen atoms in total. The van der Waals surface area contributed by atoms with Crippen LogP contribution in [0.15, 0.2) is 0 Å². The van der Waals surface area contributed by atoms with E-state index in [1.807, 2.05) is 0 Å². The van der Waals surface area contributed by atoms with Crippen molar-refractivity contribution in [1.29, 1.82) is 0 Å². The Bertz CT molecular complexity index is 2470. The van der Waals surface area contributed by atoms with Crippen molar-refractivity contribution in [3.8, 4) is 0 Å². The van der Waals surface area contributed by atoms with E-state index in [2.05, 4.69) is 63.8 Å². The first-order valence-corrected chi connectivity index (χ1v) is 31.6. The van der Waals surface area contributed by atoms with Crippen LogP contribution in [0.1, 0.15) is 19.3 Å². The van der Waals surface area contributed by atoms with Gasteiger partial charge in [0.2, 0.25) is 88.6 Å². The average Bonchev–Trinajstić information content (AvgIpc) is 3.61. The van der Waals surface area contributed by atoms with Crippen LogP contribution in [-0.2, 0) is 90.9 Å². The molecule has 0 aromatic carbocycles. The van der Waals surface area contributed by atoms with Crippen molar-refractivity contribution in [1.82, 2.24) is 78.5 Å². The van der Waals surface area contributed by atoms with Crippen molar-refractivity contribution in [3.63, 3.8) is 0 Å². The number of thioether (sulfide) groups is 3. The van der Waals surface area contributed by atoms with Crippen LogP contribution >= 0.6 is 35.3 Å². The molecule has 3 aliphatic rings. The fourth-order valence-corrected chi connectivity index (χ4v) is 10.2. The lowest BCUT2D eigenvalue weighted by Gasteiger charge is -2.26. The van der Waals surface area contributed by atoms with Gasteiger partial charge < -0.3 is 104 Å². The fourth-order valence-electron chi connectivity index (χ4n) is 7.45. The molecular weight excluding hydrogens is 1240 g/mol. The molecule has 4 bridgehead atoms. The van der Waals surface area contributed by atoms with Gasteiger partial charge in [0.15, 0.2) is 0 Å². The second-order valence-electron chi connectivity index (χ2n) is 19.3. The molecule has 0 aromatic rings. The summed E-state index contributed by atoms with van der Waals surface area (Å²) in [6, 6.07) is -3.89. The molecule has 15 N–H and O–H groups in total. The van der Waals surface area contributed by atoms with Crippen molar-refractivity contribution in [2.45, 2.75) is 37.4 Å². The summed E-state index contributed by atoms with van der Waals surface area (Å²) >= 11 is 3.34. The summed E-state index contributed by atoms with van der Waals surface area (Å²) in [7, 11) is 0. The van der Waals surface area contributed by atoms with Gasteiger partial charge in [-0.15, -0.1) is 0 Å². The van der Waals surface area contributed by atoms with Crippen molar-refractivity contribution in [3.05, 3.63) is 0 Å². The normalized spacial score (nSPS) is 23.7. The molecule has 39 heteroatoms. The molecule has 0 spiro atoms. The first-order valence-electron chi connectivity index (χ1n) is 28.2. The van der Waals surface area contributed by atoms with Crippen molar-refractivity contribution < 1.29 is 96.0 Å². The molecule has 3 atom stereocenters. The van der Waals surface area contributed by atoms with Gasteiger partial charge >= 0.3 is 5.97 Å². The van der Waals surface area contributed by atoms with E-state index in [0.29, 0.717) is 0 Å². The summed E-state index contributed by atoms with van der Waals surface area (Å²) in [5.74, 6) is -12.3. The van der Waals surface area contributed by atoms with E-state index in [4.69, 9.17) is 19.9 Å². The number of nitrogens with zero attached hydrogens (tertiary/aromatic N) is 3. The Balaban J connectivity index is 1.90. The average molecular weight is 1320 g/mol. The highest BCUT2D eigenvalue weighted by atomic mass is 32.2. The van der Waals surface area contributed by atoms with E-state index in [9.17, 15) is 81.8 Å². The smallest absolute Gasteiger partial charge is 0.327 e. The number of aliphatic carboxylic acids is 1. The summed E-state index contributed by atoms with van der Waals surface area (Å²) in [6.07, 6.45) is -0.164. The molecule has 0 radical (unpaired) electrons. The zero-order valence-corrected chi connectivity index (χ0v) is 51.4. The number of rotatable bonds is 1. The minimum atomic E-state index is -1.42. The molecule has 15 amide bonds. The minimum absolute atomic E-state index is 0.0104. The number of carbonyl (C=O) groups is 16. The van der Waals surface area contributed by atoms with Gasteiger partial charge in [0.1, 0.15) is 12.1 Å². The molecule has 0 aromatic heterocycles. The first kappa shape index (κ1) is 75.7. The number of nitrogens with two attached hydrogens (primary N) is 1. The standard InChI is InChI=1S/C50H80N16O20S3/c51-32-29-87-16-1-45(77)64-4-10-84-12-6-65-7-13-86-15-9-66(8-14-85-11-5-64)47(79)3-18-89-31-34(50(82)83)63-44(76)28-59-40(72)24-55-36(68)20-53-38(70)22-57-42(74)26-61-49(81)33(30-88-17-2-46(65)78)62-43(75)27-58-39(71)23-54-35(67)19-52-37(69)21-56-41(73)25-60-48(32)80/h32-34H,1-31,51H2,(H,52,69)(H,53,70)(H,54,67)(H,55,68)(H,56,73)(H,57,74)(H,58,71)(H,59,72)(H,60,80)(H,61,81)(H,62,75)(H,63,76)(H,82,83)/t32-,33-,34-/m0/s1. The van der Waals surface area contributed by atoms with E-state index < -0.39 is 160 Å². The van der Waals surface area contributed by atoms with Gasteiger partial charge in [0.25, 0.3) is 0 Å².